The summed E-state index contributed by atoms with van der Waals surface area (Å²) in [5, 5.41) is 3.59. The second-order valence-electron chi connectivity index (χ2n) is 6.56. The summed E-state index contributed by atoms with van der Waals surface area (Å²) >= 11 is 0. The first-order chi connectivity index (χ1) is 9.20. The third-order valence-electron chi connectivity index (χ3n) is 5.11. The van der Waals surface area contributed by atoms with Gasteiger partial charge in [0.15, 0.2) is 0 Å². The monoisotopic (exact) mass is 255 g/mol. The van der Waals surface area contributed by atoms with E-state index >= 15 is 0 Å². The zero-order valence-electron chi connectivity index (χ0n) is 11.7. The number of hydrogen-bond donors (Lipinski definition) is 2. The number of aromatic amines is 1. The van der Waals surface area contributed by atoms with E-state index < -0.39 is 0 Å². The molecule has 2 aromatic heterocycles. The van der Waals surface area contributed by atoms with Crippen molar-refractivity contribution in [1.29, 1.82) is 0 Å². The normalized spacial score (nSPS) is 24.7. The molecule has 1 unspecified atom stereocenters. The molecular formula is C16H21N3. The third kappa shape index (κ3) is 1.51. The molecule has 1 aliphatic carbocycles. The van der Waals surface area contributed by atoms with Crippen molar-refractivity contribution < 1.29 is 0 Å². The van der Waals surface area contributed by atoms with Crippen LogP contribution >= 0.6 is 0 Å². The van der Waals surface area contributed by atoms with Crippen LogP contribution in [0.3, 0.4) is 0 Å². The fraction of sp³-hybridized carbons (Fsp3) is 0.562. The van der Waals surface area contributed by atoms with E-state index in [0.717, 1.165) is 11.0 Å². The summed E-state index contributed by atoms with van der Waals surface area (Å²) in [5.74, 6) is 0.517. The highest BCUT2D eigenvalue weighted by molar-refractivity contribution is 5.79. The van der Waals surface area contributed by atoms with Crippen molar-refractivity contribution >= 4 is 11.0 Å². The van der Waals surface area contributed by atoms with Gasteiger partial charge in [0.2, 0.25) is 0 Å². The molecule has 2 fully saturated rings. The van der Waals surface area contributed by atoms with Gasteiger partial charge >= 0.3 is 0 Å². The van der Waals surface area contributed by atoms with Crippen molar-refractivity contribution in [3.63, 3.8) is 0 Å². The molecule has 3 heterocycles. The number of fused-ring (bicyclic) bond motifs is 1. The van der Waals surface area contributed by atoms with E-state index in [1.54, 1.807) is 0 Å². The Balaban J connectivity index is 1.77. The van der Waals surface area contributed by atoms with Gasteiger partial charge < -0.3 is 10.3 Å². The largest absolute Gasteiger partial charge is 0.360 e. The lowest BCUT2D eigenvalue weighted by molar-refractivity contribution is -0.00759. The van der Waals surface area contributed by atoms with E-state index in [9.17, 15) is 0 Å². The highest BCUT2D eigenvalue weighted by Gasteiger charge is 2.51. The van der Waals surface area contributed by atoms with Gasteiger partial charge in [-0.3, -0.25) is 0 Å². The summed E-state index contributed by atoms with van der Waals surface area (Å²) in [6.45, 7) is 5.64. The lowest BCUT2D eigenvalue weighted by Crippen LogP contribution is -2.59. The van der Waals surface area contributed by atoms with Crippen LogP contribution in [-0.4, -0.2) is 16.5 Å². The second-order valence-corrected chi connectivity index (χ2v) is 6.56. The zero-order valence-corrected chi connectivity index (χ0v) is 11.7. The first kappa shape index (κ1) is 11.5. The Labute approximate surface area is 113 Å². The summed E-state index contributed by atoms with van der Waals surface area (Å²) in [6.07, 6.45) is 6.24. The molecule has 0 radical (unpaired) electrons. The fourth-order valence-electron chi connectivity index (χ4n) is 3.64. The second kappa shape index (κ2) is 3.83. The molecule has 1 saturated heterocycles. The molecule has 1 saturated carbocycles. The highest BCUT2D eigenvalue weighted by atomic mass is 15.1. The maximum absolute atomic E-state index is 4.96. The van der Waals surface area contributed by atoms with Gasteiger partial charge in [-0.15, -0.1) is 0 Å². The SMILES string of the molecule is CC(C)c1c[nH]c2ccc(C3NCC34CCC4)nc12. The van der Waals surface area contributed by atoms with Gasteiger partial charge in [-0.2, -0.15) is 0 Å². The number of nitrogens with zero attached hydrogens (tertiary/aromatic N) is 1. The third-order valence-corrected chi connectivity index (χ3v) is 5.11. The van der Waals surface area contributed by atoms with Crippen molar-refractivity contribution in [2.24, 2.45) is 5.41 Å². The Morgan fingerprint density at radius 1 is 1.32 bits per heavy atom. The average molecular weight is 255 g/mol. The van der Waals surface area contributed by atoms with Gasteiger partial charge in [0.1, 0.15) is 0 Å². The first-order valence-corrected chi connectivity index (χ1v) is 7.41. The number of pyridine rings is 1. The molecule has 0 bridgehead atoms. The summed E-state index contributed by atoms with van der Waals surface area (Å²) in [6, 6.07) is 4.87. The first-order valence-electron chi connectivity index (χ1n) is 7.41. The van der Waals surface area contributed by atoms with Crippen LogP contribution in [0.15, 0.2) is 18.3 Å². The van der Waals surface area contributed by atoms with Gasteiger partial charge in [-0.1, -0.05) is 20.3 Å². The van der Waals surface area contributed by atoms with Gasteiger partial charge in [-0.05, 0) is 36.5 Å². The van der Waals surface area contributed by atoms with E-state index in [0.29, 0.717) is 17.4 Å². The molecule has 19 heavy (non-hydrogen) atoms. The van der Waals surface area contributed by atoms with Gasteiger partial charge in [0.05, 0.1) is 22.8 Å². The summed E-state index contributed by atoms with van der Waals surface area (Å²) in [4.78, 5) is 8.30. The number of hydrogen-bond acceptors (Lipinski definition) is 2. The number of aromatic nitrogens is 2. The Morgan fingerprint density at radius 3 is 2.74 bits per heavy atom. The predicted octanol–water partition coefficient (Wildman–Crippen LogP) is 3.50. The van der Waals surface area contributed by atoms with Gasteiger partial charge in [0.25, 0.3) is 0 Å². The standard InChI is InChI=1S/C16H21N3/c1-10(2)11-8-17-12-4-5-13(19-14(11)12)15-16(9-18-15)6-3-7-16/h4-5,8,10,15,17-18H,3,6-7,9H2,1-2H3. The minimum atomic E-state index is 0.487. The lowest BCUT2D eigenvalue weighted by atomic mass is 9.58. The fourth-order valence-corrected chi connectivity index (χ4v) is 3.64. The van der Waals surface area contributed by atoms with Crippen LogP contribution in [-0.2, 0) is 0 Å². The minimum Gasteiger partial charge on any atom is -0.360 e. The lowest BCUT2D eigenvalue weighted by Gasteiger charge is -2.56. The molecule has 100 valence electrons. The van der Waals surface area contributed by atoms with Crippen molar-refractivity contribution in [3.8, 4) is 0 Å². The molecule has 2 aromatic rings. The molecule has 1 aliphatic heterocycles. The summed E-state index contributed by atoms with van der Waals surface area (Å²) < 4.78 is 0. The molecule has 3 nitrogen and oxygen atoms in total. The Morgan fingerprint density at radius 2 is 2.16 bits per heavy atom. The predicted molar refractivity (Wildman–Crippen MR) is 77.2 cm³/mol. The van der Waals surface area contributed by atoms with Crippen LogP contribution in [0, 0.1) is 5.41 Å². The number of nitrogens with one attached hydrogen (secondary N) is 2. The highest BCUT2D eigenvalue weighted by Crippen LogP contribution is 2.54. The van der Waals surface area contributed by atoms with Crippen molar-refractivity contribution in [2.75, 3.05) is 6.54 Å². The molecule has 0 aromatic carbocycles. The van der Waals surface area contributed by atoms with E-state index in [1.807, 2.05) is 0 Å². The van der Waals surface area contributed by atoms with Crippen molar-refractivity contribution in [1.82, 2.24) is 15.3 Å². The van der Waals surface area contributed by atoms with E-state index in [-0.39, 0.29) is 0 Å². The van der Waals surface area contributed by atoms with Crippen LogP contribution in [0.25, 0.3) is 11.0 Å². The maximum atomic E-state index is 4.96. The molecule has 2 aliphatic rings. The molecule has 3 heteroatoms. The molecule has 1 atom stereocenters. The Bertz CT molecular complexity index is 616. The van der Waals surface area contributed by atoms with Crippen molar-refractivity contribution in [3.05, 3.63) is 29.6 Å². The quantitative estimate of drug-likeness (QED) is 0.862. The molecular weight excluding hydrogens is 234 g/mol. The van der Waals surface area contributed by atoms with Crippen LogP contribution in [0.4, 0.5) is 0 Å². The van der Waals surface area contributed by atoms with E-state index in [2.05, 4.69) is 42.5 Å². The smallest absolute Gasteiger partial charge is 0.0917 e. The van der Waals surface area contributed by atoms with E-state index in [4.69, 9.17) is 4.98 Å². The minimum absolute atomic E-state index is 0.487. The van der Waals surface area contributed by atoms with Crippen molar-refractivity contribution in [2.45, 2.75) is 45.1 Å². The summed E-state index contributed by atoms with van der Waals surface area (Å²) in [7, 11) is 0. The Kier molecular flexibility index (Phi) is 2.31. The number of rotatable bonds is 2. The number of H-pyrrole nitrogens is 1. The topological polar surface area (TPSA) is 40.7 Å². The van der Waals surface area contributed by atoms with Crippen LogP contribution in [0.2, 0.25) is 0 Å². The molecule has 2 N–H and O–H groups in total. The van der Waals surface area contributed by atoms with E-state index in [1.165, 1.54) is 37.1 Å². The zero-order chi connectivity index (χ0) is 13.0. The molecule has 0 amide bonds. The molecule has 1 spiro atoms. The van der Waals surface area contributed by atoms with Crippen LogP contribution in [0.5, 0.6) is 0 Å². The van der Waals surface area contributed by atoms with Crippen LogP contribution in [0.1, 0.15) is 56.3 Å². The van der Waals surface area contributed by atoms with Gasteiger partial charge in [-0.25, -0.2) is 4.98 Å². The van der Waals surface area contributed by atoms with Gasteiger partial charge in [0, 0.05) is 18.2 Å². The molecule has 4 rings (SSSR count). The Hall–Kier alpha value is -1.35. The maximum Gasteiger partial charge on any atom is 0.0917 e. The summed E-state index contributed by atoms with van der Waals surface area (Å²) in [5.41, 5.74) is 5.43. The average Bonchev–Trinajstić information content (AvgIpc) is 2.68. The van der Waals surface area contributed by atoms with Crippen LogP contribution < -0.4 is 5.32 Å².